The van der Waals surface area contributed by atoms with E-state index < -0.39 is 0 Å². The van der Waals surface area contributed by atoms with E-state index >= 15 is 0 Å². The maximum Gasteiger partial charge on any atom is 0.274 e. The molecule has 1 amide bonds. The molecule has 1 aromatic carbocycles. The number of carbonyl (C=O) groups excluding carboxylic acids is 1. The van der Waals surface area contributed by atoms with Gasteiger partial charge in [0.15, 0.2) is 0 Å². The quantitative estimate of drug-likeness (QED) is 0.917. The van der Waals surface area contributed by atoms with E-state index in [-0.39, 0.29) is 17.4 Å². The van der Waals surface area contributed by atoms with Gasteiger partial charge in [-0.1, -0.05) is 12.1 Å². The minimum Gasteiger partial charge on any atom is -0.369 e. The standard InChI is InChI=1S/C15H17FN4O/c1-3-18-14-9-17-8-13(19-14)15(21)20(2)10-11-4-6-12(16)7-5-11/h4-9H,3,10H2,1-2H3,(H,18,19). The number of amides is 1. The van der Waals surface area contributed by atoms with Crippen molar-refractivity contribution in [2.75, 3.05) is 18.9 Å². The first-order valence-electron chi connectivity index (χ1n) is 6.66. The molecule has 1 N–H and O–H groups in total. The Kier molecular flexibility index (Phi) is 4.81. The van der Waals surface area contributed by atoms with E-state index in [9.17, 15) is 9.18 Å². The van der Waals surface area contributed by atoms with Crippen molar-refractivity contribution in [3.05, 3.63) is 53.7 Å². The van der Waals surface area contributed by atoms with Crippen LogP contribution in [-0.2, 0) is 6.54 Å². The minimum atomic E-state index is -0.295. The van der Waals surface area contributed by atoms with Crippen LogP contribution in [0, 0.1) is 5.82 Å². The fourth-order valence-electron chi connectivity index (χ4n) is 1.87. The lowest BCUT2D eigenvalue weighted by atomic mass is 10.2. The van der Waals surface area contributed by atoms with Crippen molar-refractivity contribution < 1.29 is 9.18 Å². The summed E-state index contributed by atoms with van der Waals surface area (Å²) >= 11 is 0. The lowest BCUT2D eigenvalue weighted by Crippen LogP contribution is -2.27. The van der Waals surface area contributed by atoms with E-state index in [1.54, 1.807) is 25.4 Å². The van der Waals surface area contributed by atoms with Gasteiger partial charge in [-0.25, -0.2) is 9.37 Å². The van der Waals surface area contributed by atoms with Gasteiger partial charge < -0.3 is 10.2 Å². The zero-order valence-electron chi connectivity index (χ0n) is 12.0. The fraction of sp³-hybridized carbons (Fsp3) is 0.267. The van der Waals surface area contributed by atoms with Crippen LogP contribution in [0.4, 0.5) is 10.2 Å². The Balaban J connectivity index is 2.08. The molecule has 0 fully saturated rings. The number of anilines is 1. The molecular weight excluding hydrogens is 271 g/mol. The highest BCUT2D eigenvalue weighted by atomic mass is 19.1. The highest BCUT2D eigenvalue weighted by Crippen LogP contribution is 2.09. The van der Waals surface area contributed by atoms with Crippen molar-refractivity contribution >= 4 is 11.7 Å². The molecule has 2 aromatic rings. The predicted molar refractivity (Wildman–Crippen MR) is 78.4 cm³/mol. The number of rotatable bonds is 5. The Bertz CT molecular complexity index is 615. The molecule has 0 saturated heterocycles. The van der Waals surface area contributed by atoms with Gasteiger partial charge in [0.1, 0.15) is 17.3 Å². The van der Waals surface area contributed by atoms with Gasteiger partial charge in [-0.05, 0) is 24.6 Å². The summed E-state index contributed by atoms with van der Waals surface area (Å²) in [4.78, 5) is 22.0. The average Bonchev–Trinajstić information content (AvgIpc) is 2.49. The largest absolute Gasteiger partial charge is 0.369 e. The topological polar surface area (TPSA) is 58.1 Å². The second-order valence-electron chi connectivity index (χ2n) is 4.61. The second kappa shape index (κ2) is 6.78. The molecule has 0 bridgehead atoms. The third-order valence-electron chi connectivity index (χ3n) is 2.89. The maximum atomic E-state index is 12.9. The number of benzene rings is 1. The van der Waals surface area contributed by atoms with Gasteiger partial charge in [-0.3, -0.25) is 9.78 Å². The van der Waals surface area contributed by atoms with Crippen LogP contribution < -0.4 is 5.32 Å². The number of halogens is 1. The third kappa shape index (κ3) is 3.98. The van der Waals surface area contributed by atoms with Gasteiger partial charge in [0.2, 0.25) is 0 Å². The molecule has 0 aliphatic rings. The Morgan fingerprint density at radius 1 is 1.29 bits per heavy atom. The van der Waals surface area contributed by atoms with E-state index in [0.29, 0.717) is 18.9 Å². The van der Waals surface area contributed by atoms with E-state index in [1.165, 1.54) is 23.2 Å². The van der Waals surface area contributed by atoms with Crippen LogP contribution in [-0.4, -0.2) is 34.4 Å². The molecule has 2 rings (SSSR count). The molecule has 0 radical (unpaired) electrons. The first-order valence-corrected chi connectivity index (χ1v) is 6.66. The molecule has 0 aliphatic carbocycles. The van der Waals surface area contributed by atoms with Crippen LogP contribution in [0.3, 0.4) is 0 Å². The number of aromatic nitrogens is 2. The Morgan fingerprint density at radius 3 is 2.67 bits per heavy atom. The molecule has 1 heterocycles. The van der Waals surface area contributed by atoms with Gasteiger partial charge >= 0.3 is 0 Å². The lowest BCUT2D eigenvalue weighted by molar-refractivity contribution is 0.0779. The van der Waals surface area contributed by atoms with Crippen LogP contribution in [0.25, 0.3) is 0 Å². The lowest BCUT2D eigenvalue weighted by Gasteiger charge is -2.17. The van der Waals surface area contributed by atoms with Crippen molar-refractivity contribution in [2.45, 2.75) is 13.5 Å². The van der Waals surface area contributed by atoms with Gasteiger partial charge in [-0.15, -0.1) is 0 Å². The van der Waals surface area contributed by atoms with Crippen molar-refractivity contribution in [3.8, 4) is 0 Å². The number of nitrogens with zero attached hydrogens (tertiary/aromatic N) is 3. The second-order valence-corrected chi connectivity index (χ2v) is 4.61. The van der Waals surface area contributed by atoms with E-state index in [0.717, 1.165) is 5.56 Å². The Morgan fingerprint density at radius 2 is 2.00 bits per heavy atom. The number of nitrogens with one attached hydrogen (secondary N) is 1. The van der Waals surface area contributed by atoms with Crippen LogP contribution in [0.2, 0.25) is 0 Å². The summed E-state index contributed by atoms with van der Waals surface area (Å²) in [6.45, 7) is 3.03. The SMILES string of the molecule is CCNc1cncc(C(=O)N(C)Cc2ccc(F)cc2)n1. The zero-order chi connectivity index (χ0) is 15.2. The van der Waals surface area contributed by atoms with E-state index in [2.05, 4.69) is 15.3 Å². The molecule has 21 heavy (non-hydrogen) atoms. The molecule has 0 atom stereocenters. The van der Waals surface area contributed by atoms with Gasteiger partial charge in [0.25, 0.3) is 5.91 Å². The molecule has 0 unspecified atom stereocenters. The minimum absolute atomic E-state index is 0.230. The first kappa shape index (κ1) is 14.9. The summed E-state index contributed by atoms with van der Waals surface area (Å²) in [7, 11) is 1.67. The molecular formula is C15H17FN4O. The van der Waals surface area contributed by atoms with Crippen LogP contribution in [0.1, 0.15) is 23.0 Å². The predicted octanol–water partition coefficient (Wildman–Crippen LogP) is 2.32. The molecule has 1 aromatic heterocycles. The van der Waals surface area contributed by atoms with Gasteiger partial charge in [0.05, 0.1) is 12.4 Å². The summed E-state index contributed by atoms with van der Waals surface area (Å²) in [5.41, 5.74) is 1.13. The molecule has 5 nitrogen and oxygen atoms in total. The van der Waals surface area contributed by atoms with Crippen LogP contribution in [0.15, 0.2) is 36.7 Å². The summed E-state index contributed by atoms with van der Waals surface area (Å²) in [6, 6.07) is 6.05. The van der Waals surface area contributed by atoms with Gasteiger partial charge in [0, 0.05) is 20.1 Å². The summed E-state index contributed by atoms with van der Waals surface area (Å²) in [5, 5.41) is 3.01. The van der Waals surface area contributed by atoms with E-state index in [4.69, 9.17) is 0 Å². The summed E-state index contributed by atoms with van der Waals surface area (Å²) in [6.07, 6.45) is 3.00. The first-order chi connectivity index (χ1) is 10.1. The van der Waals surface area contributed by atoms with Crippen molar-refractivity contribution in [2.24, 2.45) is 0 Å². The van der Waals surface area contributed by atoms with Gasteiger partial charge in [-0.2, -0.15) is 0 Å². The highest BCUT2D eigenvalue weighted by Gasteiger charge is 2.14. The molecule has 0 aliphatic heterocycles. The number of hydrogen-bond acceptors (Lipinski definition) is 4. The average molecular weight is 288 g/mol. The highest BCUT2D eigenvalue weighted by molar-refractivity contribution is 5.92. The fourth-order valence-corrected chi connectivity index (χ4v) is 1.87. The van der Waals surface area contributed by atoms with Crippen LogP contribution >= 0.6 is 0 Å². The summed E-state index contributed by atoms with van der Waals surface area (Å²) < 4.78 is 12.9. The van der Waals surface area contributed by atoms with Crippen LogP contribution in [0.5, 0.6) is 0 Å². The third-order valence-corrected chi connectivity index (χ3v) is 2.89. The normalized spacial score (nSPS) is 10.2. The van der Waals surface area contributed by atoms with Crippen molar-refractivity contribution in [1.82, 2.24) is 14.9 Å². The molecule has 0 saturated carbocycles. The molecule has 110 valence electrons. The van der Waals surface area contributed by atoms with E-state index in [1.807, 2.05) is 6.92 Å². The molecule has 6 heteroatoms. The zero-order valence-corrected chi connectivity index (χ0v) is 12.0. The number of carbonyl (C=O) groups is 1. The monoisotopic (exact) mass is 288 g/mol. The Hall–Kier alpha value is -2.50. The smallest absolute Gasteiger partial charge is 0.274 e. The maximum absolute atomic E-state index is 12.9. The van der Waals surface area contributed by atoms with Crippen molar-refractivity contribution in [1.29, 1.82) is 0 Å². The summed E-state index contributed by atoms with van der Waals surface area (Å²) in [5.74, 6) is 0.0436. The van der Waals surface area contributed by atoms with Crippen molar-refractivity contribution in [3.63, 3.8) is 0 Å². The Labute approximate surface area is 122 Å². The number of hydrogen-bond donors (Lipinski definition) is 1. The molecule has 0 spiro atoms.